The largest absolute Gasteiger partial charge is 0.341 e. The van der Waals surface area contributed by atoms with E-state index in [2.05, 4.69) is 15.5 Å². The maximum atomic E-state index is 13.1. The highest BCUT2D eigenvalue weighted by molar-refractivity contribution is 7.98. The molecule has 2 amide bonds. The van der Waals surface area contributed by atoms with Gasteiger partial charge in [-0.05, 0) is 44.3 Å². The van der Waals surface area contributed by atoms with Crippen LogP contribution in [0.1, 0.15) is 47.3 Å². The number of hydrogen-bond donors (Lipinski definition) is 1. The molecule has 31 heavy (non-hydrogen) atoms. The zero-order valence-corrected chi connectivity index (χ0v) is 18.3. The Morgan fingerprint density at radius 3 is 2.74 bits per heavy atom. The van der Waals surface area contributed by atoms with E-state index < -0.39 is 16.9 Å². The Balaban J connectivity index is 1.64. The molecule has 1 aromatic heterocycles. The molecule has 2 heterocycles. The van der Waals surface area contributed by atoms with E-state index in [1.165, 1.54) is 24.3 Å². The third-order valence-corrected chi connectivity index (χ3v) is 5.88. The zero-order chi connectivity index (χ0) is 22.4. The number of likely N-dealkylation sites (tertiary alicyclic amines) is 1. The van der Waals surface area contributed by atoms with E-state index in [9.17, 15) is 19.7 Å². The average molecular weight is 448 g/mol. The summed E-state index contributed by atoms with van der Waals surface area (Å²) in [5, 5.41) is 17.6. The predicted octanol–water partition coefficient (Wildman–Crippen LogP) is 2.54. The van der Waals surface area contributed by atoms with Gasteiger partial charge in [0, 0.05) is 36.7 Å². The number of amides is 2. The van der Waals surface area contributed by atoms with E-state index in [1.807, 2.05) is 6.26 Å². The standard InChI is InChI=1S/C20H25N5O5S/c1-13-21-19(30-23-13)14-6-9-24(10-7-14)20(27)17(8-11-31-2)22-18(26)15-4-3-5-16(12-15)25(28)29/h3-5,12,14,17H,6-11H2,1-2H3,(H,22,26). The molecule has 1 aliphatic heterocycles. The van der Waals surface area contributed by atoms with Crippen molar-refractivity contribution in [1.29, 1.82) is 0 Å². The summed E-state index contributed by atoms with van der Waals surface area (Å²) in [6.45, 7) is 2.84. The number of piperidine rings is 1. The predicted molar refractivity (Wildman–Crippen MR) is 115 cm³/mol. The number of nitro benzene ring substituents is 1. The highest BCUT2D eigenvalue weighted by Gasteiger charge is 2.31. The molecule has 1 aromatic carbocycles. The Morgan fingerprint density at radius 2 is 2.13 bits per heavy atom. The van der Waals surface area contributed by atoms with E-state index >= 15 is 0 Å². The van der Waals surface area contributed by atoms with E-state index in [-0.39, 0.29) is 23.1 Å². The Morgan fingerprint density at radius 1 is 1.39 bits per heavy atom. The molecule has 1 saturated heterocycles. The van der Waals surface area contributed by atoms with Crippen molar-refractivity contribution in [3.63, 3.8) is 0 Å². The van der Waals surface area contributed by atoms with Crippen LogP contribution in [0.2, 0.25) is 0 Å². The van der Waals surface area contributed by atoms with Crippen molar-refractivity contribution in [2.75, 3.05) is 25.1 Å². The summed E-state index contributed by atoms with van der Waals surface area (Å²) >= 11 is 1.58. The van der Waals surface area contributed by atoms with Crippen LogP contribution in [-0.4, -0.2) is 62.9 Å². The van der Waals surface area contributed by atoms with Crippen LogP contribution < -0.4 is 5.32 Å². The van der Waals surface area contributed by atoms with Gasteiger partial charge in [0.2, 0.25) is 11.8 Å². The highest BCUT2D eigenvalue weighted by Crippen LogP contribution is 2.27. The molecular formula is C20H25N5O5S. The molecule has 11 heteroatoms. The number of nitro groups is 1. The van der Waals surface area contributed by atoms with Crippen LogP contribution in [0, 0.1) is 17.0 Å². The Bertz CT molecular complexity index is 942. The van der Waals surface area contributed by atoms with Crippen molar-refractivity contribution < 1.29 is 19.0 Å². The molecule has 0 bridgehead atoms. The van der Waals surface area contributed by atoms with Crippen molar-refractivity contribution in [2.24, 2.45) is 0 Å². The molecule has 0 aliphatic carbocycles. The first kappa shape index (κ1) is 22.7. The fourth-order valence-corrected chi connectivity index (χ4v) is 4.01. The lowest BCUT2D eigenvalue weighted by atomic mass is 9.96. The normalized spacial score (nSPS) is 15.5. The summed E-state index contributed by atoms with van der Waals surface area (Å²) in [6.07, 6.45) is 3.83. The number of aromatic nitrogens is 2. The highest BCUT2D eigenvalue weighted by atomic mass is 32.2. The summed E-state index contributed by atoms with van der Waals surface area (Å²) in [5.41, 5.74) is -0.0143. The summed E-state index contributed by atoms with van der Waals surface area (Å²) in [5.74, 6) is 1.36. The van der Waals surface area contributed by atoms with Crippen LogP contribution >= 0.6 is 11.8 Å². The number of carbonyl (C=O) groups is 2. The van der Waals surface area contributed by atoms with Gasteiger partial charge in [0.05, 0.1) is 4.92 Å². The molecule has 0 saturated carbocycles. The van der Waals surface area contributed by atoms with Gasteiger partial charge in [-0.25, -0.2) is 0 Å². The Labute approximate surface area is 183 Å². The first-order chi connectivity index (χ1) is 14.9. The number of thioether (sulfide) groups is 1. The quantitative estimate of drug-likeness (QED) is 0.482. The summed E-state index contributed by atoms with van der Waals surface area (Å²) < 4.78 is 5.26. The minimum atomic E-state index is -0.693. The van der Waals surface area contributed by atoms with Crippen molar-refractivity contribution >= 4 is 29.3 Å². The lowest BCUT2D eigenvalue weighted by Gasteiger charge is -2.33. The Kier molecular flexibility index (Phi) is 7.61. The smallest absolute Gasteiger partial charge is 0.270 e. The summed E-state index contributed by atoms with van der Waals surface area (Å²) in [7, 11) is 0. The minimum absolute atomic E-state index is 0.120. The molecule has 10 nitrogen and oxygen atoms in total. The van der Waals surface area contributed by atoms with E-state index in [0.717, 1.165) is 0 Å². The van der Waals surface area contributed by atoms with Gasteiger partial charge in [-0.3, -0.25) is 19.7 Å². The molecule has 1 fully saturated rings. The number of non-ortho nitro benzene ring substituents is 1. The lowest BCUT2D eigenvalue weighted by Crippen LogP contribution is -2.50. The van der Waals surface area contributed by atoms with Crippen molar-refractivity contribution in [3.05, 3.63) is 51.7 Å². The van der Waals surface area contributed by atoms with E-state index in [1.54, 1.807) is 23.6 Å². The molecule has 0 spiro atoms. The second-order valence-electron chi connectivity index (χ2n) is 7.39. The molecule has 1 atom stereocenters. The first-order valence-electron chi connectivity index (χ1n) is 10.0. The van der Waals surface area contributed by atoms with Crippen LogP contribution in [0.5, 0.6) is 0 Å². The first-order valence-corrected chi connectivity index (χ1v) is 11.4. The van der Waals surface area contributed by atoms with Gasteiger partial charge in [0.1, 0.15) is 6.04 Å². The second-order valence-corrected chi connectivity index (χ2v) is 8.38. The van der Waals surface area contributed by atoms with Gasteiger partial charge in [0.15, 0.2) is 5.82 Å². The van der Waals surface area contributed by atoms with E-state index in [0.29, 0.717) is 49.8 Å². The molecule has 1 aliphatic rings. The van der Waals surface area contributed by atoms with Gasteiger partial charge in [0.25, 0.3) is 11.6 Å². The zero-order valence-electron chi connectivity index (χ0n) is 17.4. The third-order valence-electron chi connectivity index (χ3n) is 5.23. The fourth-order valence-electron chi connectivity index (χ4n) is 3.54. The number of carbonyl (C=O) groups excluding carboxylic acids is 2. The van der Waals surface area contributed by atoms with Gasteiger partial charge < -0.3 is 14.7 Å². The van der Waals surface area contributed by atoms with Crippen LogP contribution in [0.15, 0.2) is 28.8 Å². The molecule has 0 radical (unpaired) electrons. The molecule has 2 aromatic rings. The summed E-state index contributed by atoms with van der Waals surface area (Å²) in [4.78, 5) is 42.3. The molecule has 166 valence electrons. The number of nitrogens with one attached hydrogen (secondary N) is 1. The van der Waals surface area contributed by atoms with Crippen LogP contribution in [0.4, 0.5) is 5.69 Å². The number of rotatable bonds is 8. The molecular weight excluding hydrogens is 422 g/mol. The fraction of sp³-hybridized carbons (Fsp3) is 0.500. The third kappa shape index (κ3) is 5.81. The molecule has 3 rings (SSSR count). The topological polar surface area (TPSA) is 131 Å². The van der Waals surface area contributed by atoms with Crippen molar-refractivity contribution in [2.45, 2.75) is 38.1 Å². The average Bonchev–Trinajstić information content (AvgIpc) is 3.22. The van der Waals surface area contributed by atoms with Gasteiger partial charge in [-0.1, -0.05) is 11.2 Å². The maximum Gasteiger partial charge on any atom is 0.270 e. The van der Waals surface area contributed by atoms with Gasteiger partial charge >= 0.3 is 0 Å². The monoisotopic (exact) mass is 447 g/mol. The van der Waals surface area contributed by atoms with Crippen molar-refractivity contribution in [3.8, 4) is 0 Å². The number of benzene rings is 1. The van der Waals surface area contributed by atoms with Gasteiger partial charge in [-0.15, -0.1) is 0 Å². The van der Waals surface area contributed by atoms with Crippen LogP contribution in [0.25, 0.3) is 0 Å². The van der Waals surface area contributed by atoms with Crippen LogP contribution in [0.3, 0.4) is 0 Å². The van der Waals surface area contributed by atoms with Crippen molar-refractivity contribution in [1.82, 2.24) is 20.4 Å². The SMILES string of the molecule is CSCCC(NC(=O)c1cccc([N+](=O)[O-])c1)C(=O)N1CCC(c2nc(C)no2)CC1. The number of hydrogen-bond acceptors (Lipinski definition) is 8. The molecule has 1 unspecified atom stereocenters. The van der Waals surface area contributed by atoms with Crippen LogP contribution in [-0.2, 0) is 4.79 Å². The number of nitrogens with zero attached hydrogens (tertiary/aromatic N) is 4. The second kappa shape index (κ2) is 10.4. The number of aryl methyl sites for hydroxylation is 1. The molecule has 1 N–H and O–H groups in total. The van der Waals surface area contributed by atoms with Gasteiger partial charge in [-0.2, -0.15) is 16.7 Å². The minimum Gasteiger partial charge on any atom is -0.341 e. The maximum absolute atomic E-state index is 13.1. The lowest BCUT2D eigenvalue weighted by molar-refractivity contribution is -0.384. The summed E-state index contributed by atoms with van der Waals surface area (Å²) in [6, 6.07) is 4.79. The van der Waals surface area contributed by atoms with E-state index in [4.69, 9.17) is 4.52 Å². The Hall–Kier alpha value is -2.95.